The van der Waals surface area contributed by atoms with E-state index in [4.69, 9.17) is 0 Å². The molecule has 2 aromatic carbocycles. The lowest BCUT2D eigenvalue weighted by atomic mass is 10.0. The fourth-order valence-corrected chi connectivity index (χ4v) is 2.75. The van der Waals surface area contributed by atoms with Crippen LogP contribution in [0.1, 0.15) is 22.3 Å². The number of aromatic nitrogens is 1. The Labute approximate surface area is 156 Å². The van der Waals surface area contributed by atoms with Crippen LogP contribution in [0.25, 0.3) is 11.3 Å². The summed E-state index contributed by atoms with van der Waals surface area (Å²) in [6.45, 7) is 3.51. The summed E-state index contributed by atoms with van der Waals surface area (Å²) in [7, 11) is 0. The molecule has 0 amide bonds. The molecule has 0 aliphatic carbocycles. The van der Waals surface area contributed by atoms with Crippen LogP contribution in [0.15, 0.2) is 69.7 Å². The molecular formula is C21H16N4O2. The molecule has 27 heavy (non-hydrogen) atoms. The molecule has 0 spiro atoms. The number of rotatable bonds is 4. The average Bonchev–Trinajstić information content (AvgIpc) is 2.69. The molecule has 3 aromatic rings. The van der Waals surface area contributed by atoms with Crippen molar-refractivity contribution in [1.82, 2.24) is 4.68 Å². The summed E-state index contributed by atoms with van der Waals surface area (Å²) in [5.41, 5.74) is 2.29. The molecule has 0 bridgehead atoms. The maximum absolute atomic E-state index is 12.8. The van der Waals surface area contributed by atoms with Crippen molar-refractivity contribution in [2.24, 2.45) is 10.3 Å². The zero-order valence-corrected chi connectivity index (χ0v) is 14.9. The van der Waals surface area contributed by atoms with Crippen LogP contribution in [0.4, 0.5) is 5.69 Å². The van der Waals surface area contributed by atoms with Gasteiger partial charge in [-0.25, -0.2) is 0 Å². The number of aryl methyl sites for hydroxylation is 1. The number of hydrogen-bond donors (Lipinski definition) is 0. The summed E-state index contributed by atoms with van der Waals surface area (Å²) < 4.78 is 1.07. The van der Waals surface area contributed by atoms with Gasteiger partial charge in [0.25, 0.3) is 5.56 Å². The van der Waals surface area contributed by atoms with Gasteiger partial charge in [-0.05, 0) is 24.6 Å². The van der Waals surface area contributed by atoms with Crippen molar-refractivity contribution in [2.75, 3.05) is 0 Å². The molecule has 0 atom stereocenters. The van der Waals surface area contributed by atoms with Gasteiger partial charge in [0.15, 0.2) is 0 Å². The molecule has 0 radical (unpaired) electrons. The lowest BCUT2D eigenvalue weighted by molar-refractivity contribution is 0.834. The zero-order chi connectivity index (χ0) is 19.4. The maximum Gasteiger partial charge on any atom is 0.289 e. The quantitative estimate of drug-likeness (QED) is 0.516. The summed E-state index contributed by atoms with van der Waals surface area (Å²) in [6, 6.07) is 18.4. The first-order chi connectivity index (χ1) is 13.1. The van der Waals surface area contributed by atoms with E-state index >= 15 is 0 Å². The number of nitroso groups, excluding NO2 is 1. The minimum atomic E-state index is -0.593. The van der Waals surface area contributed by atoms with Crippen LogP contribution in [-0.4, -0.2) is 10.9 Å². The standard InChI is InChI=1S/C21H16N4O2/c1-14-8-10-16(11-9-14)13-23-25-20(17-6-4-3-5-7-17)19(24-27)15(2)18(12-22)21(25)26/h3-11,13H,1-2H3/b23-13+. The number of nitrogens with zero attached hydrogens (tertiary/aromatic N) is 4. The summed E-state index contributed by atoms with van der Waals surface area (Å²) in [5.74, 6) is 0. The van der Waals surface area contributed by atoms with Gasteiger partial charge in [0.2, 0.25) is 0 Å². The normalized spacial score (nSPS) is 10.7. The minimum absolute atomic E-state index is 0.0263. The van der Waals surface area contributed by atoms with Gasteiger partial charge in [0, 0.05) is 11.1 Å². The van der Waals surface area contributed by atoms with Crippen LogP contribution in [0.2, 0.25) is 0 Å². The van der Waals surface area contributed by atoms with E-state index in [0.29, 0.717) is 5.56 Å². The molecule has 132 valence electrons. The van der Waals surface area contributed by atoms with Crippen LogP contribution < -0.4 is 5.56 Å². The van der Waals surface area contributed by atoms with Crippen molar-refractivity contribution in [3.63, 3.8) is 0 Å². The molecule has 1 aromatic heterocycles. The third-order valence-electron chi connectivity index (χ3n) is 4.22. The molecule has 6 nitrogen and oxygen atoms in total. The molecule has 0 fully saturated rings. The highest BCUT2D eigenvalue weighted by molar-refractivity contribution is 5.81. The van der Waals surface area contributed by atoms with Crippen LogP contribution in [0.5, 0.6) is 0 Å². The summed E-state index contributed by atoms with van der Waals surface area (Å²) >= 11 is 0. The Morgan fingerprint density at radius 2 is 1.70 bits per heavy atom. The van der Waals surface area contributed by atoms with E-state index in [1.165, 1.54) is 13.1 Å². The Bertz CT molecular complexity index is 1120. The molecule has 3 rings (SSSR count). The molecule has 0 saturated heterocycles. The van der Waals surface area contributed by atoms with Crippen LogP contribution >= 0.6 is 0 Å². The van der Waals surface area contributed by atoms with Crippen molar-refractivity contribution < 1.29 is 0 Å². The lowest BCUT2D eigenvalue weighted by Gasteiger charge is -2.13. The third kappa shape index (κ3) is 3.44. The molecule has 0 aliphatic rings. The second kappa shape index (κ2) is 7.58. The van der Waals surface area contributed by atoms with Gasteiger partial charge < -0.3 is 0 Å². The van der Waals surface area contributed by atoms with E-state index < -0.39 is 5.56 Å². The van der Waals surface area contributed by atoms with Crippen molar-refractivity contribution in [1.29, 1.82) is 5.26 Å². The predicted molar refractivity (Wildman–Crippen MR) is 105 cm³/mol. The van der Waals surface area contributed by atoms with E-state index in [1.54, 1.807) is 24.3 Å². The van der Waals surface area contributed by atoms with Gasteiger partial charge in [-0.2, -0.15) is 15.0 Å². The molecule has 6 heteroatoms. The second-order valence-corrected chi connectivity index (χ2v) is 6.04. The first-order valence-electron chi connectivity index (χ1n) is 8.26. The number of nitriles is 1. The zero-order valence-electron chi connectivity index (χ0n) is 14.9. The van der Waals surface area contributed by atoms with Gasteiger partial charge in [0.05, 0.1) is 6.21 Å². The molecule has 0 saturated carbocycles. The van der Waals surface area contributed by atoms with E-state index in [1.807, 2.05) is 43.3 Å². The molecule has 0 unspecified atom stereocenters. The fourth-order valence-electron chi connectivity index (χ4n) is 2.75. The molecule has 1 heterocycles. The molecule has 0 N–H and O–H groups in total. The first kappa shape index (κ1) is 18.0. The first-order valence-corrected chi connectivity index (χ1v) is 8.26. The van der Waals surface area contributed by atoms with Crippen LogP contribution in [0.3, 0.4) is 0 Å². The van der Waals surface area contributed by atoms with Gasteiger partial charge in [-0.1, -0.05) is 60.2 Å². The third-order valence-corrected chi connectivity index (χ3v) is 4.22. The average molecular weight is 356 g/mol. The Hall–Kier alpha value is -3.85. The Kier molecular flexibility index (Phi) is 5.04. The highest BCUT2D eigenvalue weighted by Crippen LogP contribution is 2.33. The largest absolute Gasteiger partial charge is 0.289 e. The van der Waals surface area contributed by atoms with Gasteiger partial charge in [-0.15, -0.1) is 4.91 Å². The second-order valence-electron chi connectivity index (χ2n) is 6.04. The van der Waals surface area contributed by atoms with E-state index in [0.717, 1.165) is 15.8 Å². The highest BCUT2D eigenvalue weighted by atomic mass is 16.3. The smallest absolute Gasteiger partial charge is 0.266 e. The van der Waals surface area contributed by atoms with Crippen LogP contribution in [-0.2, 0) is 0 Å². The van der Waals surface area contributed by atoms with Crippen molar-refractivity contribution in [3.8, 4) is 17.3 Å². The van der Waals surface area contributed by atoms with Crippen molar-refractivity contribution >= 4 is 11.9 Å². The number of hydrogen-bond acceptors (Lipinski definition) is 5. The van der Waals surface area contributed by atoms with Gasteiger partial charge in [0.1, 0.15) is 23.0 Å². The van der Waals surface area contributed by atoms with E-state index in [9.17, 15) is 15.0 Å². The Morgan fingerprint density at radius 3 is 2.30 bits per heavy atom. The summed E-state index contributed by atoms with van der Waals surface area (Å²) in [6.07, 6.45) is 1.51. The van der Waals surface area contributed by atoms with Gasteiger partial charge in [-0.3, -0.25) is 4.79 Å². The Morgan fingerprint density at radius 1 is 1.04 bits per heavy atom. The monoisotopic (exact) mass is 356 g/mol. The highest BCUT2D eigenvalue weighted by Gasteiger charge is 2.21. The number of benzene rings is 2. The topological polar surface area (TPSA) is 87.6 Å². The minimum Gasteiger partial charge on any atom is -0.266 e. The van der Waals surface area contributed by atoms with E-state index in [2.05, 4.69) is 10.3 Å². The number of pyridine rings is 1. The SMILES string of the molecule is Cc1ccc(/C=N/n2c(-c3ccccc3)c(N=O)c(C)c(C#N)c2=O)cc1. The van der Waals surface area contributed by atoms with E-state index in [-0.39, 0.29) is 22.5 Å². The predicted octanol–water partition coefficient (Wildman–Crippen LogP) is 4.28. The fraction of sp³-hybridized carbons (Fsp3) is 0.0952. The van der Waals surface area contributed by atoms with Crippen LogP contribution in [0, 0.1) is 30.1 Å². The molecule has 0 aliphatic heterocycles. The summed E-state index contributed by atoms with van der Waals surface area (Å²) in [5, 5.41) is 16.7. The lowest BCUT2D eigenvalue weighted by Crippen LogP contribution is -2.23. The van der Waals surface area contributed by atoms with Crippen molar-refractivity contribution in [2.45, 2.75) is 13.8 Å². The van der Waals surface area contributed by atoms with Gasteiger partial charge >= 0.3 is 0 Å². The Balaban J connectivity index is 2.31. The van der Waals surface area contributed by atoms with Crippen molar-refractivity contribution in [3.05, 3.63) is 92.1 Å². The molecular weight excluding hydrogens is 340 g/mol. The maximum atomic E-state index is 12.8. The summed E-state index contributed by atoms with van der Waals surface area (Å²) in [4.78, 5) is 24.4.